The number of nitrogens with one attached hydrogen (secondary N) is 1. The SMILES string of the molecule is CC1(NC(=O)c2ccc(Cl)c(I)c2)CCC1. The van der Waals surface area contributed by atoms with Crippen LogP contribution in [-0.4, -0.2) is 11.4 Å². The molecule has 4 heteroatoms. The molecule has 0 unspecified atom stereocenters. The van der Waals surface area contributed by atoms with Crippen LogP contribution in [0.3, 0.4) is 0 Å². The molecule has 2 nitrogen and oxygen atoms in total. The van der Waals surface area contributed by atoms with E-state index < -0.39 is 0 Å². The minimum Gasteiger partial charge on any atom is -0.347 e. The Morgan fingerprint density at radius 1 is 1.50 bits per heavy atom. The molecule has 1 aromatic rings. The molecule has 1 fully saturated rings. The molecule has 0 spiro atoms. The van der Waals surface area contributed by atoms with Crippen LogP contribution in [0.25, 0.3) is 0 Å². The Kier molecular flexibility index (Phi) is 3.45. The smallest absolute Gasteiger partial charge is 0.251 e. The summed E-state index contributed by atoms with van der Waals surface area (Å²) in [5.74, 6) is -0.00298. The van der Waals surface area contributed by atoms with Crippen LogP contribution in [0.15, 0.2) is 18.2 Å². The molecule has 1 amide bonds. The van der Waals surface area contributed by atoms with Crippen LogP contribution in [0.4, 0.5) is 0 Å². The fourth-order valence-electron chi connectivity index (χ4n) is 1.82. The van der Waals surface area contributed by atoms with Gasteiger partial charge in [0.25, 0.3) is 5.91 Å². The lowest BCUT2D eigenvalue weighted by Gasteiger charge is -2.39. The summed E-state index contributed by atoms with van der Waals surface area (Å²) in [7, 11) is 0. The summed E-state index contributed by atoms with van der Waals surface area (Å²) in [6.07, 6.45) is 3.35. The molecule has 1 aliphatic carbocycles. The first kappa shape index (κ1) is 12.2. The molecule has 0 aromatic heterocycles. The van der Waals surface area contributed by atoms with E-state index in [0.717, 1.165) is 16.4 Å². The second-order valence-corrected chi connectivity index (χ2v) is 6.07. The zero-order valence-electron chi connectivity index (χ0n) is 9.02. The third kappa shape index (κ3) is 2.51. The number of halogens is 2. The minimum absolute atomic E-state index is 0.00214. The number of hydrogen-bond acceptors (Lipinski definition) is 1. The zero-order valence-corrected chi connectivity index (χ0v) is 11.9. The molecular formula is C12H13ClINO. The van der Waals surface area contributed by atoms with E-state index >= 15 is 0 Å². The fourth-order valence-corrected chi connectivity index (χ4v) is 2.45. The van der Waals surface area contributed by atoms with Crippen molar-refractivity contribution in [3.63, 3.8) is 0 Å². The first-order chi connectivity index (χ1) is 7.50. The Morgan fingerprint density at radius 3 is 2.69 bits per heavy atom. The number of benzene rings is 1. The maximum atomic E-state index is 12.0. The summed E-state index contributed by atoms with van der Waals surface area (Å²) in [5, 5.41) is 3.76. The van der Waals surface area contributed by atoms with Crippen molar-refractivity contribution < 1.29 is 4.79 Å². The number of rotatable bonds is 2. The second-order valence-electron chi connectivity index (χ2n) is 4.50. The van der Waals surface area contributed by atoms with Gasteiger partial charge in [-0.3, -0.25) is 4.79 Å². The normalized spacial score (nSPS) is 17.7. The molecule has 86 valence electrons. The Labute approximate surface area is 114 Å². The van der Waals surface area contributed by atoms with Crippen molar-refractivity contribution in [1.29, 1.82) is 0 Å². The summed E-state index contributed by atoms with van der Waals surface area (Å²) in [6, 6.07) is 5.35. The van der Waals surface area contributed by atoms with E-state index in [4.69, 9.17) is 11.6 Å². The maximum absolute atomic E-state index is 12.0. The van der Waals surface area contributed by atoms with Crippen LogP contribution >= 0.6 is 34.2 Å². The van der Waals surface area contributed by atoms with Crippen LogP contribution in [0, 0.1) is 3.57 Å². The van der Waals surface area contributed by atoms with Crippen molar-refractivity contribution in [3.05, 3.63) is 32.4 Å². The van der Waals surface area contributed by atoms with E-state index in [9.17, 15) is 4.79 Å². The number of carbonyl (C=O) groups excluding carboxylic acids is 1. The largest absolute Gasteiger partial charge is 0.347 e. The lowest BCUT2D eigenvalue weighted by atomic mass is 9.78. The lowest BCUT2D eigenvalue weighted by Crippen LogP contribution is -2.50. The highest BCUT2D eigenvalue weighted by molar-refractivity contribution is 14.1. The number of carbonyl (C=O) groups is 1. The highest BCUT2D eigenvalue weighted by Crippen LogP contribution is 2.31. The van der Waals surface area contributed by atoms with Gasteiger partial charge in [0.05, 0.1) is 5.02 Å². The molecule has 0 heterocycles. The van der Waals surface area contributed by atoms with Crippen LogP contribution in [0.1, 0.15) is 36.5 Å². The van der Waals surface area contributed by atoms with E-state index in [-0.39, 0.29) is 11.4 Å². The van der Waals surface area contributed by atoms with Gasteiger partial charge >= 0.3 is 0 Å². The molecule has 2 rings (SSSR count). The van der Waals surface area contributed by atoms with Gasteiger partial charge in [-0.2, -0.15) is 0 Å². The molecule has 0 saturated heterocycles. The predicted molar refractivity (Wildman–Crippen MR) is 73.9 cm³/mol. The summed E-state index contributed by atoms with van der Waals surface area (Å²) < 4.78 is 0.908. The molecule has 0 bridgehead atoms. The van der Waals surface area contributed by atoms with Crippen LogP contribution in [0.5, 0.6) is 0 Å². The zero-order chi connectivity index (χ0) is 11.8. The quantitative estimate of drug-likeness (QED) is 0.812. The molecule has 1 aromatic carbocycles. The van der Waals surface area contributed by atoms with Gasteiger partial charge in [0.15, 0.2) is 0 Å². The molecule has 1 aliphatic rings. The Morgan fingerprint density at radius 2 is 2.19 bits per heavy atom. The van der Waals surface area contributed by atoms with Gasteiger partial charge in [-0.05, 0) is 67.0 Å². The third-order valence-electron chi connectivity index (χ3n) is 3.05. The molecule has 0 atom stereocenters. The van der Waals surface area contributed by atoms with Crippen molar-refractivity contribution in [1.82, 2.24) is 5.32 Å². The molecular weight excluding hydrogens is 336 g/mol. The maximum Gasteiger partial charge on any atom is 0.251 e. The van der Waals surface area contributed by atoms with Crippen molar-refractivity contribution in [2.24, 2.45) is 0 Å². The Bertz CT molecular complexity index is 429. The Hall–Kier alpha value is -0.290. The van der Waals surface area contributed by atoms with E-state index in [1.165, 1.54) is 6.42 Å². The average Bonchev–Trinajstić information content (AvgIpc) is 2.19. The monoisotopic (exact) mass is 349 g/mol. The van der Waals surface area contributed by atoms with E-state index in [2.05, 4.69) is 34.8 Å². The van der Waals surface area contributed by atoms with Gasteiger partial charge in [-0.1, -0.05) is 11.6 Å². The number of hydrogen-bond donors (Lipinski definition) is 1. The van der Waals surface area contributed by atoms with Crippen molar-refractivity contribution in [2.75, 3.05) is 0 Å². The summed E-state index contributed by atoms with van der Waals surface area (Å²) in [4.78, 5) is 12.0. The first-order valence-corrected chi connectivity index (χ1v) is 6.73. The Balaban J connectivity index is 2.11. The highest BCUT2D eigenvalue weighted by Gasteiger charge is 2.33. The minimum atomic E-state index is -0.00298. The molecule has 0 radical (unpaired) electrons. The molecule has 1 N–H and O–H groups in total. The van der Waals surface area contributed by atoms with Gasteiger partial charge in [0, 0.05) is 14.7 Å². The average molecular weight is 350 g/mol. The van der Waals surface area contributed by atoms with E-state index in [1.807, 2.05) is 6.07 Å². The summed E-state index contributed by atoms with van der Waals surface area (Å²) in [5.41, 5.74) is 0.684. The lowest BCUT2D eigenvalue weighted by molar-refractivity contribution is 0.0850. The predicted octanol–water partition coefficient (Wildman–Crippen LogP) is 3.62. The molecule has 0 aliphatic heterocycles. The van der Waals surface area contributed by atoms with Crippen molar-refractivity contribution in [2.45, 2.75) is 31.7 Å². The van der Waals surface area contributed by atoms with Gasteiger partial charge in [-0.15, -0.1) is 0 Å². The highest BCUT2D eigenvalue weighted by atomic mass is 127. The van der Waals surface area contributed by atoms with Crippen LogP contribution in [-0.2, 0) is 0 Å². The topological polar surface area (TPSA) is 29.1 Å². The van der Waals surface area contributed by atoms with E-state index in [0.29, 0.717) is 10.6 Å². The van der Waals surface area contributed by atoms with Crippen LogP contribution in [0.2, 0.25) is 5.02 Å². The van der Waals surface area contributed by atoms with Gasteiger partial charge in [0.1, 0.15) is 0 Å². The van der Waals surface area contributed by atoms with Crippen LogP contribution < -0.4 is 5.32 Å². The first-order valence-electron chi connectivity index (χ1n) is 5.28. The van der Waals surface area contributed by atoms with Gasteiger partial charge in [0.2, 0.25) is 0 Å². The second kappa shape index (κ2) is 4.53. The van der Waals surface area contributed by atoms with Gasteiger partial charge < -0.3 is 5.32 Å². The van der Waals surface area contributed by atoms with Crippen molar-refractivity contribution >= 4 is 40.1 Å². The summed E-state index contributed by atoms with van der Waals surface area (Å²) >= 11 is 8.05. The number of amides is 1. The van der Waals surface area contributed by atoms with E-state index in [1.54, 1.807) is 12.1 Å². The standard InChI is InChI=1S/C12H13ClINO/c1-12(5-2-6-12)15-11(16)8-3-4-9(13)10(14)7-8/h3-4,7H,2,5-6H2,1H3,(H,15,16). The fraction of sp³-hybridized carbons (Fsp3) is 0.417. The summed E-state index contributed by atoms with van der Waals surface area (Å²) in [6.45, 7) is 2.09. The molecule has 1 saturated carbocycles. The van der Waals surface area contributed by atoms with Gasteiger partial charge in [-0.25, -0.2) is 0 Å². The van der Waals surface area contributed by atoms with Crippen molar-refractivity contribution in [3.8, 4) is 0 Å². The third-order valence-corrected chi connectivity index (χ3v) is 4.60. The molecule has 16 heavy (non-hydrogen) atoms.